The van der Waals surface area contributed by atoms with Crippen LogP contribution >= 0.6 is 12.2 Å². The third kappa shape index (κ3) is 6.71. The Labute approximate surface area is 227 Å². The van der Waals surface area contributed by atoms with E-state index in [1.807, 2.05) is 0 Å². The summed E-state index contributed by atoms with van der Waals surface area (Å²) >= 11 is 5.78. The Bertz CT molecular complexity index is 1000. The Morgan fingerprint density at radius 1 is 0.973 bits per heavy atom. The molecule has 4 heterocycles. The molecule has 1 aromatic carbocycles. The van der Waals surface area contributed by atoms with Crippen molar-refractivity contribution >= 4 is 34.9 Å². The van der Waals surface area contributed by atoms with E-state index in [0.29, 0.717) is 17.0 Å². The number of piperidine rings is 1. The molecule has 200 valence electrons. The Balaban J connectivity index is 1.32. The minimum absolute atomic E-state index is 0.00903. The lowest BCUT2D eigenvalue weighted by atomic mass is 9.74. The third-order valence-electron chi connectivity index (χ3n) is 8.26. The van der Waals surface area contributed by atoms with Crippen LogP contribution in [0.3, 0.4) is 0 Å². The first-order valence-electron chi connectivity index (χ1n) is 14.2. The van der Waals surface area contributed by atoms with Gasteiger partial charge in [0.1, 0.15) is 11.6 Å². The van der Waals surface area contributed by atoms with Crippen LogP contribution in [0.2, 0.25) is 0 Å². The molecule has 0 bridgehead atoms. The highest BCUT2D eigenvalue weighted by molar-refractivity contribution is 7.80. The number of benzene rings is 1. The number of ether oxygens (including phenoxy) is 1. The largest absolute Gasteiger partial charge is 0.381 e. The first-order chi connectivity index (χ1) is 18.1. The first-order valence-corrected chi connectivity index (χ1v) is 14.6. The van der Waals surface area contributed by atoms with Gasteiger partial charge in [-0.2, -0.15) is 9.97 Å². The van der Waals surface area contributed by atoms with Crippen molar-refractivity contribution in [2.75, 3.05) is 61.1 Å². The molecule has 0 amide bonds. The summed E-state index contributed by atoms with van der Waals surface area (Å²) in [7, 11) is 0. The summed E-state index contributed by atoms with van der Waals surface area (Å²) in [6.07, 6.45) is 9.47. The molecular weight excluding hydrogens is 480 g/mol. The van der Waals surface area contributed by atoms with Gasteiger partial charge in [-0.05, 0) is 62.2 Å². The third-order valence-corrected chi connectivity index (χ3v) is 8.51. The summed E-state index contributed by atoms with van der Waals surface area (Å²) in [6, 6.07) is 13.0. The van der Waals surface area contributed by atoms with E-state index in [2.05, 4.69) is 63.8 Å². The SMILES string of the molecule is C[C@@H]1CCCN(c2cc(N3CCCCCC3)nc(NC(=S)NCC3(c4ccccc4)CCOCC3)n2)C1. The van der Waals surface area contributed by atoms with Gasteiger partial charge < -0.3 is 25.2 Å². The lowest BCUT2D eigenvalue weighted by molar-refractivity contribution is 0.0515. The summed E-state index contributed by atoms with van der Waals surface area (Å²) in [4.78, 5) is 14.8. The van der Waals surface area contributed by atoms with E-state index in [1.165, 1.54) is 44.1 Å². The molecule has 1 aromatic heterocycles. The van der Waals surface area contributed by atoms with Crippen LogP contribution in [0.25, 0.3) is 0 Å². The molecule has 7 nitrogen and oxygen atoms in total. The number of rotatable bonds is 6. The van der Waals surface area contributed by atoms with Crippen molar-refractivity contribution in [2.24, 2.45) is 5.92 Å². The number of anilines is 3. The fraction of sp³-hybridized carbons (Fsp3) is 0.621. The molecule has 0 saturated carbocycles. The molecule has 3 saturated heterocycles. The van der Waals surface area contributed by atoms with Crippen LogP contribution < -0.4 is 20.4 Å². The second-order valence-corrected chi connectivity index (χ2v) is 11.5. The zero-order chi connectivity index (χ0) is 25.5. The standard InChI is InChI=1S/C29H42N6OS/c1-23-10-9-17-35(21-23)26-20-25(34-15-7-2-3-8-16-34)31-27(32-26)33-28(37)30-22-29(13-18-36-19-14-29)24-11-5-4-6-12-24/h4-6,11-12,20,23H,2-3,7-10,13-19,21-22H2,1H3,(H2,30,31,32,33,37)/t23-/m1/s1. The van der Waals surface area contributed by atoms with Crippen molar-refractivity contribution < 1.29 is 4.74 Å². The second-order valence-electron chi connectivity index (χ2n) is 11.1. The minimum atomic E-state index is 0.00903. The Morgan fingerprint density at radius 3 is 2.35 bits per heavy atom. The zero-order valence-electron chi connectivity index (χ0n) is 22.3. The zero-order valence-corrected chi connectivity index (χ0v) is 23.1. The van der Waals surface area contributed by atoms with Gasteiger partial charge >= 0.3 is 0 Å². The minimum Gasteiger partial charge on any atom is -0.381 e. The summed E-state index contributed by atoms with van der Waals surface area (Å²) in [5, 5.41) is 7.44. The van der Waals surface area contributed by atoms with Gasteiger partial charge in [0.2, 0.25) is 5.95 Å². The molecule has 1 atom stereocenters. The van der Waals surface area contributed by atoms with Crippen molar-refractivity contribution in [3.63, 3.8) is 0 Å². The molecule has 2 N–H and O–H groups in total. The molecule has 0 radical (unpaired) electrons. The van der Waals surface area contributed by atoms with E-state index in [4.69, 9.17) is 26.9 Å². The van der Waals surface area contributed by atoms with E-state index in [0.717, 1.165) is 70.4 Å². The van der Waals surface area contributed by atoms with Gasteiger partial charge in [-0.25, -0.2) is 0 Å². The number of aromatic nitrogens is 2. The molecule has 2 aromatic rings. The van der Waals surface area contributed by atoms with Gasteiger partial charge in [0, 0.05) is 57.4 Å². The van der Waals surface area contributed by atoms with E-state index < -0.39 is 0 Å². The fourth-order valence-corrected chi connectivity index (χ4v) is 6.18. The van der Waals surface area contributed by atoms with Crippen molar-refractivity contribution in [1.82, 2.24) is 15.3 Å². The number of hydrogen-bond acceptors (Lipinski definition) is 6. The van der Waals surface area contributed by atoms with E-state index in [9.17, 15) is 0 Å². The molecular formula is C29H42N6OS. The van der Waals surface area contributed by atoms with Crippen LogP contribution in [0.4, 0.5) is 17.6 Å². The maximum atomic E-state index is 5.78. The first kappa shape index (κ1) is 26.2. The molecule has 5 rings (SSSR count). The molecule has 3 fully saturated rings. The molecule has 0 aliphatic carbocycles. The van der Waals surface area contributed by atoms with Crippen molar-refractivity contribution in [3.05, 3.63) is 42.0 Å². The number of hydrogen-bond donors (Lipinski definition) is 2. The van der Waals surface area contributed by atoms with Crippen LogP contribution in [0, 0.1) is 5.92 Å². The average molecular weight is 523 g/mol. The number of nitrogens with zero attached hydrogens (tertiary/aromatic N) is 4. The lowest BCUT2D eigenvalue weighted by Gasteiger charge is -2.38. The van der Waals surface area contributed by atoms with E-state index in [-0.39, 0.29) is 5.41 Å². The van der Waals surface area contributed by atoms with Gasteiger partial charge in [-0.1, -0.05) is 50.1 Å². The predicted molar refractivity (Wildman–Crippen MR) is 156 cm³/mol. The average Bonchev–Trinajstić information content (AvgIpc) is 3.23. The highest BCUT2D eigenvalue weighted by Gasteiger charge is 2.34. The van der Waals surface area contributed by atoms with Gasteiger partial charge in [0.15, 0.2) is 5.11 Å². The van der Waals surface area contributed by atoms with Gasteiger partial charge in [-0.3, -0.25) is 0 Å². The highest BCUT2D eigenvalue weighted by Crippen LogP contribution is 2.34. The normalized spacial score (nSPS) is 22.2. The summed E-state index contributed by atoms with van der Waals surface area (Å²) < 4.78 is 5.70. The lowest BCUT2D eigenvalue weighted by Crippen LogP contribution is -2.45. The Morgan fingerprint density at radius 2 is 1.65 bits per heavy atom. The summed E-state index contributed by atoms with van der Waals surface area (Å²) in [6.45, 7) is 8.83. The van der Waals surface area contributed by atoms with Crippen LogP contribution in [0.5, 0.6) is 0 Å². The molecule has 0 spiro atoms. The second kappa shape index (κ2) is 12.4. The monoisotopic (exact) mass is 522 g/mol. The molecule has 3 aliphatic heterocycles. The van der Waals surface area contributed by atoms with Gasteiger partial charge in [-0.15, -0.1) is 0 Å². The maximum Gasteiger partial charge on any atom is 0.232 e. The predicted octanol–water partition coefficient (Wildman–Crippen LogP) is 5.13. The molecule has 0 unspecified atom stereocenters. The summed E-state index contributed by atoms with van der Waals surface area (Å²) in [5.41, 5.74) is 1.35. The van der Waals surface area contributed by atoms with Crippen LogP contribution in [0.1, 0.15) is 63.9 Å². The number of thiocarbonyl (C=S) groups is 1. The topological polar surface area (TPSA) is 65.5 Å². The van der Waals surface area contributed by atoms with Crippen LogP contribution in [0.15, 0.2) is 36.4 Å². The number of nitrogens with one attached hydrogen (secondary N) is 2. The maximum absolute atomic E-state index is 5.78. The van der Waals surface area contributed by atoms with Gasteiger partial charge in [0.05, 0.1) is 0 Å². The Hall–Kier alpha value is -2.45. The van der Waals surface area contributed by atoms with Crippen LogP contribution in [-0.4, -0.2) is 61.0 Å². The summed E-state index contributed by atoms with van der Waals surface area (Å²) in [5.74, 6) is 3.29. The molecule has 3 aliphatic rings. The van der Waals surface area contributed by atoms with E-state index in [1.54, 1.807) is 0 Å². The smallest absolute Gasteiger partial charge is 0.232 e. The highest BCUT2D eigenvalue weighted by atomic mass is 32.1. The van der Waals surface area contributed by atoms with Crippen molar-refractivity contribution in [3.8, 4) is 0 Å². The van der Waals surface area contributed by atoms with Crippen molar-refractivity contribution in [2.45, 2.75) is 63.7 Å². The van der Waals surface area contributed by atoms with Crippen molar-refractivity contribution in [1.29, 1.82) is 0 Å². The van der Waals surface area contributed by atoms with E-state index >= 15 is 0 Å². The fourth-order valence-electron chi connectivity index (χ4n) is 6.02. The molecule has 8 heteroatoms. The van der Waals surface area contributed by atoms with Gasteiger partial charge in [0.25, 0.3) is 0 Å². The van der Waals surface area contributed by atoms with Crippen LogP contribution in [-0.2, 0) is 10.2 Å². The molecule has 37 heavy (non-hydrogen) atoms. The Kier molecular flexibility index (Phi) is 8.77. The quantitative estimate of drug-likeness (QED) is 0.507.